The lowest BCUT2D eigenvalue weighted by molar-refractivity contribution is -0.0972. The SMILES string of the molecule is COc1cc2c(c(F)c1OCF)CCN1CC(OC(C)(C)C)CCC21. The Balaban J connectivity index is 1.86. The molecular weight excluding hydrogens is 328 g/mol. The van der Waals surface area contributed by atoms with Crippen molar-refractivity contribution in [3.8, 4) is 11.5 Å². The molecule has 1 aromatic rings. The minimum atomic E-state index is -1.08. The molecule has 2 aliphatic rings. The number of hydrogen-bond acceptors (Lipinski definition) is 4. The van der Waals surface area contributed by atoms with Gasteiger partial charge in [0, 0.05) is 19.1 Å². The molecule has 2 aliphatic heterocycles. The quantitative estimate of drug-likeness (QED) is 0.816. The summed E-state index contributed by atoms with van der Waals surface area (Å²) in [6.07, 6.45) is 2.61. The van der Waals surface area contributed by atoms with Gasteiger partial charge in [0.2, 0.25) is 12.6 Å². The van der Waals surface area contributed by atoms with Crippen LogP contribution < -0.4 is 9.47 Å². The van der Waals surface area contributed by atoms with E-state index in [-0.39, 0.29) is 29.2 Å². The first kappa shape index (κ1) is 18.4. The van der Waals surface area contributed by atoms with E-state index in [2.05, 4.69) is 25.7 Å². The van der Waals surface area contributed by atoms with Crippen molar-refractivity contribution in [3.63, 3.8) is 0 Å². The van der Waals surface area contributed by atoms with Crippen molar-refractivity contribution in [1.29, 1.82) is 0 Å². The highest BCUT2D eigenvalue weighted by Crippen LogP contribution is 2.44. The average Bonchev–Trinajstić information content (AvgIpc) is 2.55. The number of nitrogens with zero attached hydrogens (tertiary/aromatic N) is 1. The standard InChI is InChI=1S/C19H27F2NO3/c1-19(2,3)25-12-5-6-15-14-9-16(23-4)18(24-11-20)17(21)13(14)7-8-22(15)10-12/h9,12,15H,5-8,10-11H2,1-4H3. The second-order valence-electron chi connectivity index (χ2n) is 7.73. The number of hydrogen-bond donors (Lipinski definition) is 0. The maximum atomic E-state index is 14.8. The van der Waals surface area contributed by atoms with Crippen LogP contribution in [0.3, 0.4) is 0 Å². The molecule has 1 saturated heterocycles. The number of methoxy groups -OCH3 is 1. The summed E-state index contributed by atoms with van der Waals surface area (Å²) in [5.41, 5.74) is 1.39. The minimum absolute atomic E-state index is 0.123. The highest BCUT2D eigenvalue weighted by molar-refractivity contribution is 5.51. The summed E-state index contributed by atoms with van der Waals surface area (Å²) in [4.78, 5) is 2.36. The topological polar surface area (TPSA) is 30.9 Å². The Morgan fingerprint density at radius 2 is 2.04 bits per heavy atom. The summed E-state index contributed by atoms with van der Waals surface area (Å²) in [5, 5.41) is 0. The van der Waals surface area contributed by atoms with Crippen LogP contribution in [0.2, 0.25) is 0 Å². The van der Waals surface area contributed by atoms with Gasteiger partial charge in [0.05, 0.1) is 18.8 Å². The fraction of sp³-hybridized carbons (Fsp3) is 0.684. The first-order valence-electron chi connectivity index (χ1n) is 8.84. The van der Waals surface area contributed by atoms with Gasteiger partial charge >= 0.3 is 0 Å². The maximum absolute atomic E-state index is 14.8. The zero-order valence-corrected chi connectivity index (χ0v) is 15.4. The van der Waals surface area contributed by atoms with E-state index in [1.807, 2.05) is 6.07 Å². The van der Waals surface area contributed by atoms with Crippen LogP contribution in [-0.4, -0.2) is 43.7 Å². The van der Waals surface area contributed by atoms with E-state index >= 15 is 0 Å². The molecule has 0 bridgehead atoms. The zero-order chi connectivity index (χ0) is 18.2. The predicted molar refractivity (Wildman–Crippen MR) is 91.4 cm³/mol. The Morgan fingerprint density at radius 1 is 1.28 bits per heavy atom. The molecule has 2 heterocycles. The predicted octanol–water partition coefficient (Wildman–Crippen LogP) is 4.02. The van der Waals surface area contributed by atoms with Crippen molar-refractivity contribution in [2.24, 2.45) is 0 Å². The van der Waals surface area contributed by atoms with Crippen molar-refractivity contribution in [2.75, 3.05) is 27.1 Å². The highest BCUT2D eigenvalue weighted by atomic mass is 19.1. The van der Waals surface area contributed by atoms with Gasteiger partial charge in [-0.1, -0.05) is 0 Å². The molecule has 3 rings (SSSR count). The van der Waals surface area contributed by atoms with Crippen LogP contribution in [-0.2, 0) is 11.2 Å². The van der Waals surface area contributed by atoms with Crippen LogP contribution in [0.1, 0.15) is 50.8 Å². The van der Waals surface area contributed by atoms with Gasteiger partial charge in [0.15, 0.2) is 11.6 Å². The van der Waals surface area contributed by atoms with E-state index in [0.717, 1.165) is 31.5 Å². The largest absolute Gasteiger partial charge is 0.493 e. The normalized spacial score (nSPS) is 23.8. The zero-order valence-electron chi connectivity index (χ0n) is 15.4. The van der Waals surface area contributed by atoms with Crippen LogP contribution in [0, 0.1) is 5.82 Å². The maximum Gasteiger partial charge on any atom is 0.228 e. The molecule has 6 heteroatoms. The Morgan fingerprint density at radius 3 is 2.68 bits per heavy atom. The molecule has 1 aromatic carbocycles. The lowest BCUT2D eigenvalue weighted by atomic mass is 9.85. The van der Waals surface area contributed by atoms with Crippen molar-refractivity contribution < 1.29 is 23.0 Å². The molecule has 4 nitrogen and oxygen atoms in total. The summed E-state index contributed by atoms with van der Waals surface area (Å²) in [6.45, 7) is 6.73. The monoisotopic (exact) mass is 355 g/mol. The number of piperidine rings is 1. The molecule has 0 radical (unpaired) electrons. The van der Waals surface area contributed by atoms with Crippen LogP contribution in [0.4, 0.5) is 8.78 Å². The smallest absolute Gasteiger partial charge is 0.228 e. The summed E-state index contributed by atoms with van der Waals surface area (Å²) in [6, 6.07) is 1.96. The van der Waals surface area contributed by atoms with Gasteiger partial charge in [-0.3, -0.25) is 4.90 Å². The van der Waals surface area contributed by atoms with E-state index in [4.69, 9.17) is 14.2 Å². The number of rotatable bonds is 4. The second kappa shape index (κ2) is 7.08. The highest BCUT2D eigenvalue weighted by Gasteiger charge is 2.37. The summed E-state index contributed by atoms with van der Waals surface area (Å²) in [7, 11) is 1.45. The molecule has 0 N–H and O–H groups in total. The summed E-state index contributed by atoms with van der Waals surface area (Å²) in [5.74, 6) is -0.356. The van der Waals surface area contributed by atoms with Gasteiger partial charge in [0.1, 0.15) is 0 Å². The minimum Gasteiger partial charge on any atom is -0.493 e. The molecule has 140 valence electrons. The summed E-state index contributed by atoms with van der Waals surface area (Å²) >= 11 is 0. The van der Waals surface area contributed by atoms with Crippen molar-refractivity contribution in [3.05, 3.63) is 23.0 Å². The van der Waals surface area contributed by atoms with E-state index in [1.54, 1.807) is 0 Å². The van der Waals surface area contributed by atoms with Gasteiger partial charge in [0.25, 0.3) is 0 Å². The lowest BCUT2D eigenvalue weighted by Crippen LogP contribution is -2.47. The molecule has 2 atom stereocenters. The van der Waals surface area contributed by atoms with Gasteiger partial charge in [-0.25, -0.2) is 8.78 Å². The summed E-state index contributed by atoms with van der Waals surface area (Å²) < 4.78 is 43.6. The van der Waals surface area contributed by atoms with Crippen molar-refractivity contribution in [2.45, 2.75) is 57.8 Å². The van der Waals surface area contributed by atoms with Crippen LogP contribution in [0.5, 0.6) is 11.5 Å². The van der Waals surface area contributed by atoms with E-state index in [1.165, 1.54) is 7.11 Å². The van der Waals surface area contributed by atoms with Gasteiger partial charge < -0.3 is 14.2 Å². The fourth-order valence-electron chi connectivity index (χ4n) is 4.02. The van der Waals surface area contributed by atoms with E-state index in [9.17, 15) is 8.78 Å². The average molecular weight is 355 g/mol. The molecule has 0 spiro atoms. The fourth-order valence-corrected chi connectivity index (χ4v) is 4.02. The molecule has 0 amide bonds. The van der Waals surface area contributed by atoms with Gasteiger partial charge in [-0.05, 0) is 57.2 Å². The van der Waals surface area contributed by atoms with E-state index < -0.39 is 12.7 Å². The molecule has 0 aliphatic carbocycles. The Bertz CT molecular complexity index is 630. The Labute approximate surface area is 148 Å². The molecular formula is C19H27F2NO3. The number of halogens is 2. The third kappa shape index (κ3) is 3.75. The Kier molecular flexibility index (Phi) is 5.21. The number of alkyl halides is 1. The Hall–Kier alpha value is -1.40. The van der Waals surface area contributed by atoms with Gasteiger partial charge in [-0.2, -0.15) is 0 Å². The number of ether oxygens (including phenoxy) is 3. The lowest BCUT2D eigenvalue weighted by Gasteiger charge is -2.45. The first-order valence-corrected chi connectivity index (χ1v) is 8.84. The third-order valence-electron chi connectivity index (χ3n) is 4.91. The third-order valence-corrected chi connectivity index (χ3v) is 4.91. The number of fused-ring (bicyclic) bond motifs is 3. The number of benzene rings is 1. The van der Waals surface area contributed by atoms with E-state index in [0.29, 0.717) is 12.0 Å². The van der Waals surface area contributed by atoms with Crippen LogP contribution in [0.15, 0.2) is 6.07 Å². The molecule has 1 fully saturated rings. The molecule has 0 saturated carbocycles. The van der Waals surface area contributed by atoms with Crippen molar-refractivity contribution in [1.82, 2.24) is 4.90 Å². The van der Waals surface area contributed by atoms with Gasteiger partial charge in [-0.15, -0.1) is 0 Å². The molecule has 0 aromatic heterocycles. The first-order chi connectivity index (χ1) is 11.8. The molecule has 2 unspecified atom stereocenters. The second-order valence-corrected chi connectivity index (χ2v) is 7.73. The van der Waals surface area contributed by atoms with Crippen LogP contribution in [0.25, 0.3) is 0 Å². The van der Waals surface area contributed by atoms with Crippen LogP contribution >= 0.6 is 0 Å². The van der Waals surface area contributed by atoms with Crippen molar-refractivity contribution >= 4 is 0 Å². The molecule has 25 heavy (non-hydrogen) atoms.